The molecule has 0 spiro atoms. The molecule has 0 aliphatic rings. The fourth-order valence-corrected chi connectivity index (χ4v) is 1.57. The Labute approximate surface area is 114 Å². The van der Waals surface area contributed by atoms with Crippen molar-refractivity contribution in [3.05, 3.63) is 71.8 Å². The topological polar surface area (TPSA) is 18.5 Å². The van der Waals surface area contributed by atoms with E-state index < -0.39 is 0 Å². The van der Waals surface area contributed by atoms with Crippen molar-refractivity contribution >= 4 is 0 Å². The van der Waals surface area contributed by atoms with Crippen LogP contribution in [0.15, 0.2) is 60.7 Å². The largest absolute Gasteiger partial charge is 0.442 e. The number of hydrogen-bond donors (Lipinski definition) is 0. The van der Waals surface area contributed by atoms with Crippen molar-refractivity contribution in [1.82, 2.24) is 0 Å². The van der Waals surface area contributed by atoms with E-state index in [4.69, 9.17) is 9.47 Å². The Kier molecular flexibility index (Phi) is 5.53. The highest BCUT2D eigenvalue weighted by Crippen LogP contribution is 2.00. The van der Waals surface area contributed by atoms with Crippen LogP contribution in [0.1, 0.15) is 11.1 Å². The van der Waals surface area contributed by atoms with Crippen molar-refractivity contribution in [3.63, 3.8) is 0 Å². The third-order valence-electron chi connectivity index (χ3n) is 2.51. The molecule has 0 bridgehead atoms. The summed E-state index contributed by atoms with van der Waals surface area (Å²) in [5.41, 5.74) is 2.26. The lowest BCUT2D eigenvalue weighted by molar-refractivity contribution is 0.152. The van der Waals surface area contributed by atoms with Gasteiger partial charge in [0.15, 0.2) is 0 Å². The van der Waals surface area contributed by atoms with Gasteiger partial charge >= 0.3 is 0 Å². The van der Waals surface area contributed by atoms with Crippen LogP contribution < -0.4 is 0 Å². The van der Waals surface area contributed by atoms with Gasteiger partial charge in [-0.1, -0.05) is 60.7 Å². The fourth-order valence-electron chi connectivity index (χ4n) is 1.57. The van der Waals surface area contributed by atoms with Gasteiger partial charge in [0.2, 0.25) is 0 Å². The van der Waals surface area contributed by atoms with E-state index in [1.54, 1.807) is 0 Å². The molecule has 0 saturated carbocycles. The minimum atomic E-state index is 0.379. The Morgan fingerprint density at radius 2 is 1.32 bits per heavy atom. The Bertz CT molecular complexity index is 523. The highest BCUT2D eigenvalue weighted by Gasteiger charge is 1.90. The van der Waals surface area contributed by atoms with Crippen LogP contribution in [0.4, 0.5) is 0 Å². The van der Waals surface area contributed by atoms with Crippen LogP contribution in [-0.4, -0.2) is 6.61 Å². The lowest BCUT2D eigenvalue weighted by Crippen LogP contribution is -1.93. The van der Waals surface area contributed by atoms with Gasteiger partial charge in [0.1, 0.15) is 19.3 Å². The number of rotatable bonds is 5. The maximum atomic E-state index is 5.42. The first-order valence-corrected chi connectivity index (χ1v) is 6.20. The lowest BCUT2D eigenvalue weighted by Gasteiger charge is -1.99. The van der Waals surface area contributed by atoms with Gasteiger partial charge < -0.3 is 9.47 Å². The Hall–Kier alpha value is -2.24. The molecule has 2 rings (SSSR count). The molecular formula is C17H16O2. The van der Waals surface area contributed by atoms with Gasteiger partial charge in [-0.05, 0) is 17.0 Å². The lowest BCUT2D eigenvalue weighted by atomic mass is 10.2. The van der Waals surface area contributed by atoms with Gasteiger partial charge in [0, 0.05) is 0 Å². The first-order chi connectivity index (χ1) is 9.45. The van der Waals surface area contributed by atoms with Gasteiger partial charge in [0.25, 0.3) is 0 Å². The second kappa shape index (κ2) is 7.97. The van der Waals surface area contributed by atoms with E-state index in [1.807, 2.05) is 60.7 Å². The van der Waals surface area contributed by atoms with Gasteiger partial charge in [-0.3, -0.25) is 0 Å². The minimum absolute atomic E-state index is 0.379. The summed E-state index contributed by atoms with van der Waals surface area (Å²) >= 11 is 0. The molecule has 2 nitrogen and oxygen atoms in total. The van der Waals surface area contributed by atoms with Gasteiger partial charge in [0.05, 0.1) is 6.61 Å². The third kappa shape index (κ3) is 5.29. The molecule has 0 fully saturated rings. The highest BCUT2D eigenvalue weighted by molar-refractivity contribution is 5.14. The molecule has 0 amide bonds. The van der Waals surface area contributed by atoms with Crippen LogP contribution in [0.25, 0.3) is 0 Å². The molecule has 0 saturated heterocycles. The summed E-state index contributed by atoms with van der Waals surface area (Å²) in [7, 11) is 0. The molecule has 0 unspecified atom stereocenters. The zero-order valence-electron chi connectivity index (χ0n) is 10.7. The zero-order chi connectivity index (χ0) is 13.2. The van der Waals surface area contributed by atoms with E-state index in [1.165, 1.54) is 0 Å². The summed E-state index contributed by atoms with van der Waals surface area (Å²) in [5.74, 6) is 2.83. The normalized spacial score (nSPS) is 9.47. The van der Waals surface area contributed by atoms with Crippen LogP contribution in [0.3, 0.4) is 0 Å². The summed E-state index contributed by atoms with van der Waals surface area (Å²) in [4.78, 5) is 0. The molecule has 0 atom stereocenters. The summed E-state index contributed by atoms with van der Waals surface area (Å²) in [6, 6.07) is 20.0. The third-order valence-corrected chi connectivity index (χ3v) is 2.51. The molecule has 0 N–H and O–H groups in total. The first-order valence-electron chi connectivity index (χ1n) is 6.20. The van der Waals surface area contributed by atoms with Crippen LogP contribution in [0, 0.1) is 12.0 Å². The Balaban J connectivity index is 1.60. The summed E-state index contributed by atoms with van der Waals surface area (Å²) in [6.45, 7) is 1.46. The molecule has 2 heteroatoms. The van der Waals surface area contributed by atoms with Crippen molar-refractivity contribution in [3.8, 4) is 12.0 Å². The van der Waals surface area contributed by atoms with E-state index >= 15 is 0 Å². The van der Waals surface area contributed by atoms with Gasteiger partial charge in [-0.2, -0.15) is 0 Å². The average Bonchev–Trinajstić information content (AvgIpc) is 2.48. The van der Waals surface area contributed by atoms with Crippen molar-refractivity contribution in [2.75, 3.05) is 6.61 Å². The number of ether oxygens (including phenoxy) is 2. The SMILES string of the molecule is C(#COCc1ccccc1)COCc1ccccc1. The average molecular weight is 252 g/mol. The molecule has 2 aromatic rings. The molecule has 19 heavy (non-hydrogen) atoms. The maximum absolute atomic E-state index is 5.42. The van der Waals surface area contributed by atoms with E-state index in [0.29, 0.717) is 19.8 Å². The van der Waals surface area contributed by atoms with Crippen molar-refractivity contribution < 1.29 is 9.47 Å². The second-order valence-corrected chi connectivity index (χ2v) is 4.03. The summed E-state index contributed by atoms with van der Waals surface area (Å²) in [6.07, 6.45) is 2.65. The van der Waals surface area contributed by atoms with Gasteiger partial charge in [-0.25, -0.2) is 0 Å². The molecule has 0 aromatic heterocycles. The van der Waals surface area contributed by atoms with Crippen LogP contribution in [-0.2, 0) is 22.7 Å². The molecule has 2 aromatic carbocycles. The van der Waals surface area contributed by atoms with Crippen molar-refractivity contribution in [2.45, 2.75) is 13.2 Å². The molecule has 0 aliphatic carbocycles. The van der Waals surface area contributed by atoms with E-state index in [2.05, 4.69) is 12.0 Å². The maximum Gasteiger partial charge on any atom is 0.125 e. The number of hydrogen-bond acceptors (Lipinski definition) is 2. The quantitative estimate of drug-likeness (QED) is 0.600. The highest BCUT2D eigenvalue weighted by atomic mass is 16.5. The monoisotopic (exact) mass is 252 g/mol. The van der Waals surface area contributed by atoms with E-state index in [9.17, 15) is 0 Å². The number of benzene rings is 2. The smallest absolute Gasteiger partial charge is 0.125 e. The predicted molar refractivity (Wildman–Crippen MR) is 75.1 cm³/mol. The second-order valence-electron chi connectivity index (χ2n) is 4.03. The molecule has 0 radical (unpaired) electrons. The van der Waals surface area contributed by atoms with Crippen LogP contribution in [0.2, 0.25) is 0 Å². The van der Waals surface area contributed by atoms with Crippen molar-refractivity contribution in [2.24, 2.45) is 0 Å². The summed E-state index contributed by atoms with van der Waals surface area (Å²) in [5, 5.41) is 0. The Morgan fingerprint density at radius 3 is 1.95 bits per heavy atom. The first kappa shape index (κ1) is 13.2. The molecular weight excluding hydrogens is 236 g/mol. The standard InChI is InChI=1S/C17H16O2/c1-3-8-16(9-4-1)14-18-12-7-13-19-15-17-10-5-2-6-11-17/h1-6,8-11H,12,14-15H2. The molecule has 96 valence electrons. The Morgan fingerprint density at radius 1 is 0.737 bits per heavy atom. The van der Waals surface area contributed by atoms with E-state index in [-0.39, 0.29) is 0 Å². The zero-order valence-corrected chi connectivity index (χ0v) is 10.7. The molecule has 0 aliphatic heterocycles. The van der Waals surface area contributed by atoms with Crippen LogP contribution >= 0.6 is 0 Å². The van der Waals surface area contributed by atoms with Crippen LogP contribution in [0.5, 0.6) is 0 Å². The van der Waals surface area contributed by atoms with E-state index in [0.717, 1.165) is 11.1 Å². The van der Waals surface area contributed by atoms with Gasteiger partial charge in [-0.15, -0.1) is 0 Å². The minimum Gasteiger partial charge on any atom is -0.442 e. The summed E-state index contributed by atoms with van der Waals surface area (Å²) < 4.78 is 10.6. The fraction of sp³-hybridized carbons (Fsp3) is 0.176. The van der Waals surface area contributed by atoms with Crippen molar-refractivity contribution in [1.29, 1.82) is 0 Å². The molecule has 0 heterocycles. The predicted octanol–water partition coefficient (Wildman–Crippen LogP) is 3.38.